The number of anilines is 2. The summed E-state index contributed by atoms with van der Waals surface area (Å²) < 4.78 is 42.6. The Morgan fingerprint density at radius 2 is 2.06 bits per heavy atom. The number of hydrogen-bond donors (Lipinski definition) is 2. The Morgan fingerprint density at radius 3 is 2.65 bits per heavy atom. The van der Waals surface area contributed by atoms with Gasteiger partial charge in [0.1, 0.15) is 0 Å². The minimum Gasteiger partial charge on any atom is -0.368 e. The average molecular weight is 527 g/mol. The monoisotopic (exact) mass is 526 g/mol. The van der Waals surface area contributed by atoms with E-state index in [1.54, 1.807) is 37.9 Å². The number of aromatic nitrogens is 2. The number of allylic oxidation sites excluding steroid dienone is 1. The van der Waals surface area contributed by atoms with E-state index in [9.17, 15) is 8.42 Å². The number of rotatable bonds is 11. The zero-order valence-corrected chi connectivity index (χ0v) is 22.3. The average Bonchev–Trinajstić information content (AvgIpc) is 3.60. The number of nitrogens with two attached hydrogens (primary N) is 1. The van der Waals surface area contributed by atoms with Crippen molar-refractivity contribution in [3.63, 3.8) is 0 Å². The zero-order chi connectivity index (χ0) is 25.0. The van der Waals surface area contributed by atoms with Gasteiger partial charge in [0.15, 0.2) is 5.82 Å². The molecule has 34 heavy (non-hydrogen) atoms. The predicted molar refractivity (Wildman–Crippen MR) is 142 cm³/mol. The fraction of sp³-hybridized carbons (Fsp3) is 0.500. The summed E-state index contributed by atoms with van der Waals surface area (Å²) in [4.78, 5) is 9.20. The van der Waals surface area contributed by atoms with Crippen LogP contribution in [0.1, 0.15) is 64.6 Å². The summed E-state index contributed by atoms with van der Waals surface area (Å²) in [7, 11) is -3.69. The van der Waals surface area contributed by atoms with Gasteiger partial charge in [0.2, 0.25) is 16.0 Å². The number of halogens is 2. The van der Waals surface area contributed by atoms with E-state index in [4.69, 9.17) is 17.3 Å². The molecule has 2 aromatic rings. The summed E-state index contributed by atoms with van der Waals surface area (Å²) in [5.74, 6) is 0.410. The summed E-state index contributed by atoms with van der Waals surface area (Å²) in [5, 5.41) is 0.577. The van der Waals surface area contributed by atoms with E-state index in [2.05, 4.69) is 28.5 Å². The van der Waals surface area contributed by atoms with E-state index in [1.165, 1.54) is 25.0 Å². The van der Waals surface area contributed by atoms with Crippen LogP contribution in [-0.4, -0.2) is 29.4 Å². The van der Waals surface area contributed by atoms with E-state index in [1.807, 2.05) is 0 Å². The molecule has 2 atom stereocenters. The second-order valence-corrected chi connectivity index (χ2v) is 12.3. The standard InChI is InChI=1S/C24H32ClFN4O2S2/c1-5-11-34(31,32)30-20-13-17(25)12-18(21(20)26)15(4)23(19-9-10-28-24(27)29-19)33-22(14(3)6-2)16-7-8-16/h9-10,12-14,16,22,30H,5-8,11H2,1-4H3,(H2,27,28,29). The van der Waals surface area contributed by atoms with Crippen LogP contribution in [0.15, 0.2) is 24.4 Å². The minimum atomic E-state index is -3.69. The lowest BCUT2D eigenvalue weighted by Crippen LogP contribution is -2.18. The lowest BCUT2D eigenvalue weighted by molar-refractivity contribution is 0.500. The molecule has 0 spiro atoms. The van der Waals surface area contributed by atoms with Crippen LogP contribution in [0.4, 0.5) is 16.0 Å². The molecule has 186 valence electrons. The molecule has 1 heterocycles. The van der Waals surface area contributed by atoms with E-state index < -0.39 is 15.8 Å². The van der Waals surface area contributed by atoms with Crippen LogP contribution in [0.3, 0.4) is 0 Å². The van der Waals surface area contributed by atoms with Crippen molar-refractivity contribution in [1.82, 2.24) is 9.97 Å². The van der Waals surface area contributed by atoms with Gasteiger partial charge in [0, 0.05) is 26.9 Å². The highest BCUT2D eigenvalue weighted by Crippen LogP contribution is 2.49. The first kappa shape index (κ1) is 26.8. The summed E-state index contributed by atoms with van der Waals surface area (Å²) >= 11 is 8.00. The van der Waals surface area contributed by atoms with E-state index in [0.29, 0.717) is 34.8 Å². The Morgan fingerprint density at radius 1 is 1.35 bits per heavy atom. The third kappa shape index (κ3) is 6.64. The fourth-order valence-electron chi connectivity index (χ4n) is 3.86. The van der Waals surface area contributed by atoms with E-state index in [-0.39, 0.29) is 28.0 Å². The number of nitrogen functional groups attached to an aromatic ring is 1. The lowest BCUT2D eigenvalue weighted by Gasteiger charge is -2.25. The number of nitrogens with one attached hydrogen (secondary N) is 1. The Labute approximate surface area is 211 Å². The van der Waals surface area contributed by atoms with E-state index >= 15 is 4.39 Å². The number of sulfonamides is 1. The van der Waals surface area contributed by atoms with Crippen LogP contribution < -0.4 is 10.5 Å². The van der Waals surface area contributed by atoms with Crippen molar-refractivity contribution < 1.29 is 12.8 Å². The van der Waals surface area contributed by atoms with Crippen molar-refractivity contribution in [2.24, 2.45) is 11.8 Å². The third-order valence-electron chi connectivity index (χ3n) is 5.97. The molecule has 1 aliphatic rings. The van der Waals surface area contributed by atoms with Gasteiger partial charge in [-0.1, -0.05) is 38.8 Å². The largest absolute Gasteiger partial charge is 0.368 e. The van der Waals surface area contributed by atoms with Crippen molar-refractivity contribution in [3.05, 3.63) is 46.5 Å². The van der Waals surface area contributed by atoms with Gasteiger partial charge >= 0.3 is 0 Å². The number of thioether (sulfide) groups is 1. The summed E-state index contributed by atoms with van der Waals surface area (Å²) in [6.45, 7) is 7.96. The van der Waals surface area contributed by atoms with Gasteiger partial charge in [0.05, 0.1) is 17.1 Å². The van der Waals surface area contributed by atoms with Gasteiger partial charge in [-0.2, -0.15) is 0 Å². The number of benzene rings is 1. The maximum atomic E-state index is 15.7. The summed E-state index contributed by atoms with van der Waals surface area (Å²) in [6.07, 6.45) is 5.38. The third-order valence-corrected chi connectivity index (χ3v) is 9.54. The molecule has 3 rings (SSSR count). The van der Waals surface area contributed by atoms with Gasteiger partial charge in [-0.15, -0.1) is 11.8 Å². The molecule has 1 fully saturated rings. The first-order chi connectivity index (χ1) is 16.1. The molecule has 2 unspecified atom stereocenters. The van der Waals surface area contributed by atoms with Crippen LogP contribution in [0.25, 0.3) is 10.5 Å². The maximum absolute atomic E-state index is 15.7. The molecule has 1 aromatic heterocycles. The minimum absolute atomic E-state index is 0.109. The Balaban J connectivity index is 2.15. The molecule has 1 aromatic carbocycles. The highest BCUT2D eigenvalue weighted by atomic mass is 35.5. The lowest BCUT2D eigenvalue weighted by atomic mass is 10.0. The quantitative estimate of drug-likeness (QED) is 0.349. The molecule has 0 radical (unpaired) electrons. The summed E-state index contributed by atoms with van der Waals surface area (Å²) in [5.41, 5.74) is 7.16. The van der Waals surface area contributed by atoms with Crippen LogP contribution in [0.2, 0.25) is 5.02 Å². The van der Waals surface area contributed by atoms with Crippen LogP contribution in [-0.2, 0) is 10.0 Å². The van der Waals surface area contributed by atoms with Gasteiger partial charge in [-0.3, -0.25) is 4.72 Å². The van der Waals surface area contributed by atoms with Gasteiger partial charge in [0.25, 0.3) is 0 Å². The first-order valence-electron chi connectivity index (χ1n) is 11.5. The zero-order valence-electron chi connectivity index (χ0n) is 19.9. The molecule has 6 nitrogen and oxygen atoms in total. The van der Waals surface area contributed by atoms with Gasteiger partial charge in [-0.05, 0) is 61.8 Å². The van der Waals surface area contributed by atoms with Crippen LogP contribution in [0, 0.1) is 17.7 Å². The SMILES string of the molecule is CCCS(=O)(=O)Nc1cc(Cl)cc(C(C)=C(SC(C(C)CC)C2CC2)c2ccnc(N)n2)c1F. The van der Waals surface area contributed by atoms with Gasteiger partial charge in [-0.25, -0.2) is 22.8 Å². The molecule has 0 bridgehead atoms. The number of hydrogen-bond acceptors (Lipinski definition) is 6. The van der Waals surface area contributed by atoms with Crippen LogP contribution >= 0.6 is 23.4 Å². The van der Waals surface area contributed by atoms with Crippen molar-refractivity contribution in [1.29, 1.82) is 0 Å². The molecule has 0 aliphatic heterocycles. The smallest absolute Gasteiger partial charge is 0.232 e. The second-order valence-electron chi connectivity index (χ2n) is 8.80. The number of nitrogens with zero attached hydrogens (tertiary/aromatic N) is 2. The highest BCUT2D eigenvalue weighted by molar-refractivity contribution is 8.09. The highest BCUT2D eigenvalue weighted by Gasteiger charge is 2.36. The predicted octanol–water partition coefficient (Wildman–Crippen LogP) is 6.45. The van der Waals surface area contributed by atoms with Crippen molar-refractivity contribution in [2.45, 2.75) is 58.6 Å². The first-order valence-corrected chi connectivity index (χ1v) is 14.4. The topological polar surface area (TPSA) is 98.0 Å². The Hall–Kier alpha value is -1.84. The van der Waals surface area contributed by atoms with Crippen LogP contribution in [0.5, 0.6) is 0 Å². The molecule has 1 aliphatic carbocycles. The van der Waals surface area contributed by atoms with Crippen molar-refractivity contribution >= 4 is 55.5 Å². The van der Waals surface area contributed by atoms with Crippen molar-refractivity contribution in [2.75, 3.05) is 16.2 Å². The molecule has 3 N–H and O–H groups in total. The fourth-order valence-corrected chi connectivity index (χ4v) is 6.88. The Kier molecular flexibility index (Phi) is 8.87. The maximum Gasteiger partial charge on any atom is 0.232 e. The molecule has 10 heteroatoms. The van der Waals surface area contributed by atoms with Gasteiger partial charge < -0.3 is 5.73 Å². The molecular weight excluding hydrogens is 495 g/mol. The van der Waals surface area contributed by atoms with Crippen molar-refractivity contribution in [3.8, 4) is 0 Å². The Bertz CT molecular complexity index is 1170. The normalized spacial score (nSPS) is 16.6. The molecule has 0 amide bonds. The van der Waals surface area contributed by atoms with E-state index in [0.717, 1.165) is 11.3 Å². The second kappa shape index (κ2) is 11.3. The molecule has 0 saturated heterocycles. The molecular formula is C24H32ClFN4O2S2. The summed E-state index contributed by atoms with van der Waals surface area (Å²) in [6, 6.07) is 4.57. The molecule has 1 saturated carbocycles.